The van der Waals surface area contributed by atoms with Gasteiger partial charge in [0.05, 0.1) is 0 Å². The first-order valence-corrected chi connectivity index (χ1v) is 6.71. The van der Waals surface area contributed by atoms with Gasteiger partial charge in [-0.05, 0) is 50.4 Å². The van der Waals surface area contributed by atoms with Gasteiger partial charge >= 0.3 is 0 Å². The summed E-state index contributed by atoms with van der Waals surface area (Å²) in [6, 6.07) is 0. The number of fused-ring (bicyclic) bond motifs is 1. The third-order valence-electron chi connectivity index (χ3n) is 4.46. The maximum absolute atomic E-state index is 11.9. The highest BCUT2D eigenvalue weighted by Gasteiger charge is 2.54. The van der Waals surface area contributed by atoms with Crippen molar-refractivity contribution in [2.45, 2.75) is 51.4 Å². The molecule has 3 atom stereocenters. The summed E-state index contributed by atoms with van der Waals surface area (Å²) in [5.41, 5.74) is 3.98. The van der Waals surface area contributed by atoms with Crippen molar-refractivity contribution in [3.63, 3.8) is 0 Å². The molecule has 1 N–H and O–H groups in total. The van der Waals surface area contributed by atoms with E-state index >= 15 is 0 Å². The van der Waals surface area contributed by atoms with Gasteiger partial charge in [0.15, 0.2) is 0 Å². The maximum Gasteiger partial charge on any atom is 0.243 e. The second kappa shape index (κ2) is 4.19. The summed E-state index contributed by atoms with van der Waals surface area (Å²) < 4.78 is 0. The van der Waals surface area contributed by atoms with Crippen molar-refractivity contribution >= 4 is 11.6 Å². The minimum absolute atomic E-state index is 0.191. The van der Waals surface area contributed by atoms with Crippen LogP contribution in [0.2, 0.25) is 0 Å². The van der Waals surface area contributed by atoms with Gasteiger partial charge in [-0.25, -0.2) is 5.43 Å². The summed E-state index contributed by atoms with van der Waals surface area (Å²) in [5, 5.41) is 4.26. The lowest BCUT2D eigenvalue weighted by molar-refractivity contribution is -0.122. The Kier molecular flexibility index (Phi) is 2.70. The predicted molar refractivity (Wildman–Crippen MR) is 63.0 cm³/mol. The highest BCUT2D eigenvalue weighted by atomic mass is 16.2. The highest BCUT2D eigenvalue weighted by molar-refractivity contribution is 5.88. The van der Waals surface area contributed by atoms with Crippen LogP contribution in [0, 0.1) is 17.8 Å². The van der Waals surface area contributed by atoms with E-state index in [0.717, 1.165) is 12.8 Å². The molecule has 0 saturated heterocycles. The zero-order valence-corrected chi connectivity index (χ0v) is 9.74. The quantitative estimate of drug-likeness (QED) is 0.714. The minimum atomic E-state index is 0.191. The molecule has 0 aromatic carbocycles. The summed E-state index contributed by atoms with van der Waals surface area (Å²) >= 11 is 0. The van der Waals surface area contributed by atoms with Crippen molar-refractivity contribution in [1.29, 1.82) is 0 Å². The van der Waals surface area contributed by atoms with Crippen LogP contribution in [-0.4, -0.2) is 11.6 Å². The second-order valence-electron chi connectivity index (χ2n) is 5.50. The van der Waals surface area contributed by atoms with Crippen molar-refractivity contribution in [2.75, 3.05) is 0 Å². The molecular weight excluding hydrogens is 200 g/mol. The molecule has 16 heavy (non-hydrogen) atoms. The van der Waals surface area contributed by atoms with Gasteiger partial charge < -0.3 is 0 Å². The summed E-state index contributed by atoms with van der Waals surface area (Å²) in [5.74, 6) is 1.87. The lowest BCUT2D eigenvalue weighted by Crippen LogP contribution is -2.22. The topological polar surface area (TPSA) is 41.5 Å². The van der Waals surface area contributed by atoms with Crippen molar-refractivity contribution < 1.29 is 4.79 Å². The van der Waals surface area contributed by atoms with E-state index in [1.54, 1.807) is 0 Å². The fourth-order valence-corrected chi connectivity index (χ4v) is 3.48. The normalized spacial score (nSPS) is 36.8. The fraction of sp³-hybridized carbons (Fsp3) is 0.846. The number of nitrogens with zero attached hydrogens (tertiary/aromatic N) is 1. The van der Waals surface area contributed by atoms with E-state index in [-0.39, 0.29) is 5.91 Å². The number of hydrogen-bond acceptors (Lipinski definition) is 2. The molecule has 0 spiro atoms. The Morgan fingerprint density at radius 1 is 1.06 bits per heavy atom. The molecule has 0 aliphatic heterocycles. The van der Waals surface area contributed by atoms with Crippen LogP contribution in [0.3, 0.4) is 0 Å². The van der Waals surface area contributed by atoms with Gasteiger partial charge in [0.2, 0.25) is 5.91 Å². The molecule has 3 aliphatic carbocycles. The van der Waals surface area contributed by atoms with E-state index in [1.165, 1.54) is 44.2 Å². The van der Waals surface area contributed by atoms with Crippen molar-refractivity contribution in [3.05, 3.63) is 0 Å². The first-order valence-electron chi connectivity index (χ1n) is 6.71. The average molecular weight is 220 g/mol. The number of amides is 1. The Labute approximate surface area is 96.7 Å². The number of rotatable bonds is 2. The molecule has 0 heterocycles. The summed E-state index contributed by atoms with van der Waals surface area (Å²) in [7, 11) is 0. The van der Waals surface area contributed by atoms with Gasteiger partial charge in [-0.15, -0.1) is 0 Å². The number of nitrogens with one attached hydrogen (secondary N) is 1. The number of carbonyl (C=O) groups excluding carboxylic acids is 1. The number of hydrogen-bond donors (Lipinski definition) is 1. The Morgan fingerprint density at radius 3 is 2.31 bits per heavy atom. The molecule has 88 valence electrons. The molecule has 0 bridgehead atoms. The van der Waals surface area contributed by atoms with Crippen molar-refractivity contribution in [3.8, 4) is 0 Å². The third kappa shape index (κ3) is 1.87. The molecule has 1 amide bonds. The maximum atomic E-state index is 11.9. The number of carbonyl (C=O) groups is 1. The van der Waals surface area contributed by atoms with Crippen LogP contribution >= 0.6 is 0 Å². The Bertz CT molecular complexity index is 304. The van der Waals surface area contributed by atoms with Gasteiger partial charge in [0, 0.05) is 11.6 Å². The van der Waals surface area contributed by atoms with Gasteiger partial charge in [0.1, 0.15) is 0 Å². The largest absolute Gasteiger partial charge is 0.273 e. The van der Waals surface area contributed by atoms with E-state index in [1.807, 2.05) is 0 Å². The predicted octanol–water partition coefficient (Wildman–Crippen LogP) is 2.47. The molecule has 0 aromatic heterocycles. The molecule has 3 nitrogen and oxygen atoms in total. The average Bonchev–Trinajstić information content (AvgIpc) is 2.80. The monoisotopic (exact) mass is 220 g/mol. The van der Waals surface area contributed by atoms with Crippen LogP contribution < -0.4 is 5.43 Å². The number of hydrazone groups is 1. The first-order chi connectivity index (χ1) is 7.86. The Morgan fingerprint density at radius 2 is 1.69 bits per heavy atom. The fourth-order valence-electron chi connectivity index (χ4n) is 3.48. The minimum Gasteiger partial charge on any atom is -0.273 e. The molecule has 0 aromatic rings. The summed E-state index contributed by atoms with van der Waals surface area (Å²) in [6.07, 6.45) is 9.81. The molecule has 3 aliphatic rings. The van der Waals surface area contributed by atoms with E-state index in [0.29, 0.717) is 17.8 Å². The molecule has 3 rings (SSSR count). The lowest BCUT2D eigenvalue weighted by atomic mass is 10.0. The standard InChI is InChI=1S/C13H20N2O/c16-13(15-14-9-5-1-2-6-9)12-10-7-3-4-8-11(10)12/h10-12H,1-8H2,(H,15,16)/t10-,11+,12?. The third-order valence-corrected chi connectivity index (χ3v) is 4.46. The van der Waals surface area contributed by atoms with E-state index in [9.17, 15) is 4.79 Å². The summed E-state index contributed by atoms with van der Waals surface area (Å²) in [6.45, 7) is 0. The van der Waals surface area contributed by atoms with E-state index in [4.69, 9.17) is 0 Å². The molecule has 3 fully saturated rings. The second-order valence-corrected chi connectivity index (χ2v) is 5.50. The Balaban J connectivity index is 1.52. The smallest absolute Gasteiger partial charge is 0.243 e. The first kappa shape index (κ1) is 10.3. The van der Waals surface area contributed by atoms with E-state index < -0.39 is 0 Å². The summed E-state index contributed by atoms with van der Waals surface area (Å²) in [4.78, 5) is 11.9. The van der Waals surface area contributed by atoms with Crippen molar-refractivity contribution in [2.24, 2.45) is 22.9 Å². The molecule has 0 radical (unpaired) electrons. The molecule has 3 heteroatoms. The van der Waals surface area contributed by atoms with Crippen LogP contribution in [0.15, 0.2) is 5.10 Å². The van der Waals surface area contributed by atoms with Crippen LogP contribution in [0.4, 0.5) is 0 Å². The lowest BCUT2D eigenvalue weighted by Gasteiger charge is -2.04. The van der Waals surface area contributed by atoms with Crippen LogP contribution in [-0.2, 0) is 4.79 Å². The zero-order chi connectivity index (χ0) is 11.0. The molecule has 3 saturated carbocycles. The van der Waals surface area contributed by atoms with E-state index in [2.05, 4.69) is 10.5 Å². The van der Waals surface area contributed by atoms with Gasteiger partial charge in [-0.3, -0.25) is 4.79 Å². The zero-order valence-electron chi connectivity index (χ0n) is 9.74. The van der Waals surface area contributed by atoms with Crippen LogP contribution in [0.5, 0.6) is 0 Å². The van der Waals surface area contributed by atoms with Gasteiger partial charge in [0.25, 0.3) is 0 Å². The van der Waals surface area contributed by atoms with Gasteiger partial charge in [-0.1, -0.05) is 12.8 Å². The van der Waals surface area contributed by atoms with Crippen molar-refractivity contribution in [1.82, 2.24) is 5.43 Å². The SMILES string of the molecule is O=C(NN=C1CCCC1)C1[C@H]2CCCC[C@@H]12. The van der Waals surface area contributed by atoms with Crippen LogP contribution in [0.25, 0.3) is 0 Å². The van der Waals surface area contributed by atoms with Gasteiger partial charge in [-0.2, -0.15) is 5.10 Å². The molecule has 1 unspecified atom stereocenters. The highest BCUT2D eigenvalue weighted by Crippen LogP contribution is 2.55. The molecular formula is C13H20N2O. The van der Waals surface area contributed by atoms with Crippen LogP contribution in [0.1, 0.15) is 51.4 Å². The Hall–Kier alpha value is -0.860.